The molecule has 1 aliphatic rings. The Hall–Kier alpha value is -3.86. The summed E-state index contributed by atoms with van der Waals surface area (Å²) in [6, 6.07) is 31.5. The Morgan fingerprint density at radius 2 is 1.00 bits per heavy atom. The van der Waals surface area contributed by atoms with Crippen LogP contribution in [-0.4, -0.2) is 66.8 Å². The molecule has 0 saturated carbocycles. The molecule has 0 bridgehead atoms. The fraction of sp³-hybridized carbons (Fsp3) is 0.489. The minimum atomic E-state index is -2.71. The first-order valence-electron chi connectivity index (χ1n) is 20.9. The van der Waals surface area contributed by atoms with Gasteiger partial charge in [0.1, 0.15) is 23.0 Å². The predicted molar refractivity (Wildman–Crippen MR) is 227 cm³/mol. The number of hydrogen-bond acceptors (Lipinski definition) is 8. The average Bonchev–Trinajstić information content (AvgIpc) is 3.20. The van der Waals surface area contributed by atoms with Crippen molar-refractivity contribution in [2.75, 3.05) is 52.9 Å². The molecule has 0 radical (unpaired) electrons. The van der Waals surface area contributed by atoms with Crippen LogP contribution in [0.25, 0.3) is 22.3 Å². The Labute approximate surface area is 336 Å². The Morgan fingerprint density at radius 1 is 0.554 bits per heavy atom. The molecule has 4 aromatic carbocycles. The molecule has 56 heavy (non-hydrogen) atoms. The summed E-state index contributed by atoms with van der Waals surface area (Å²) < 4.78 is 41.5. The van der Waals surface area contributed by atoms with Crippen molar-refractivity contribution in [2.45, 2.75) is 91.5 Å². The van der Waals surface area contributed by atoms with E-state index in [2.05, 4.69) is 73.7 Å². The average molecular weight is 785 g/mol. The molecule has 8 nitrogen and oxygen atoms in total. The number of benzene rings is 4. The second-order valence-electron chi connectivity index (χ2n) is 14.7. The standard InChI is InChI=1S/C47H64O8Si/c1-5-47(35-49-36-47)37-52-45-28-19-39(20-29-45)38-17-24-43(25-18-38)50-31-13-11-9-10-12-14-32-51-44-26-21-40(22-27-44)41-23-30-46(48)42(34-41)16-15-33-56(53-6-2,54-7-3)55-8-4/h17-30,34,48H,5-16,31-33,35-37H2,1-4H3. The number of phenols is 1. The monoisotopic (exact) mass is 784 g/mol. The van der Waals surface area contributed by atoms with E-state index in [4.69, 9.17) is 32.2 Å². The van der Waals surface area contributed by atoms with E-state index in [1.807, 2.05) is 39.0 Å². The third kappa shape index (κ3) is 13.1. The van der Waals surface area contributed by atoms with Crippen molar-refractivity contribution < 1.29 is 37.3 Å². The second kappa shape index (κ2) is 22.8. The Morgan fingerprint density at radius 3 is 1.45 bits per heavy atom. The third-order valence-corrected chi connectivity index (χ3v) is 13.7. The fourth-order valence-electron chi connectivity index (χ4n) is 7.00. The Balaban J connectivity index is 0.923. The van der Waals surface area contributed by atoms with Crippen LogP contribution in [0.1, 0.15) is 84.6 Å². The molecule has 0 aromatic heterocycles. The van der Waals surface area contributed by atoms with Gasteiger partial charge in [0.05, 0.1) is 38.4 Å². The van der Waals surface area contributed by atoms with Crippen molar-refractivity contribution >= 4 is 8.80 Å². The van der Waals surface area contributed by atoms with Crippen molar-refractivity contribution in [1.29, 1.82) is 0 Å². The van der Waals surface area contributed by atoms with Crippen LogP contribution in [0.4, 0.5) is 0 Å². The molecule has 4 aromatic rings. The summed E-state index contributed by atoms with van der Waals surface area (Å²) in [5.74, 6) is 3.01. The van der Waals surface area contributed by atoms with Gasteiger partial charge in [-0.05, 0) is 129 Å². The molecule has 0 spiro atoms. The third-order valence-electron chi connectivity index (χ3n) is 10.5. The SMILES string of the molecule is CCO[Si](CCCc1cc(-c2ccc(OCCCCCCCCOc3ccc(-c4ccc(OCC5(CC)COC5)cc4)cc3)cc2)ccc1O)(OCC)OCC. The number of ether oxygens (including phenoxy) is 4. The number of aromatic hydroxyl groups is 1. The molecule has 0 unspecified atom stereocenters. The maximum atomic E-state index is 10.6. The lowest BCUT2D eigenvalue weighted by Gasteiger charge is -2.40. The van der Waals surface area contributed by atoms with Crippen molar-refractivity contribution in [2.24, 2.45) is 5.41 Å². The Kier molecular flexibility index (Phi) is 17.6. The summed E-state index contributed by atoms with van der Waals surface area (Å²) in [4.78, 5) is 0. The number of aryl methyl sites for hydroxylation is 1. The molecule has 1 fully saturated rings. The molecule has 0 atom stereocenters. The molecule has 9 heteroatoms. The van der Waals surface area contributed by atoms with Gasteiger partial charge in [0.25, 0.3) is 0 Å². The van der Waals surface area contributed by atoms with Gasteiger partial charge in [-0.15, -0.1) is 0 Å². The van der Waals surface area contributed by atoms with Gasteiger partial charge in [0.15, 0.2) is 0 Å². The van der Waals surface area contributed by atoms with Crippen LogP contribution >= 0.6 is 0 Å². The van der Waals surface area contributed by atoms with Gasteiger partial charge >= 0.3 is 8.80 Å². The van der Waals surface area contributed by atoms with E-state index in [1.165, 1.54) is 24.0 Å². The zero-order chi connectivity index (χ0) is 39.5. The van der Waals surface area contributed by atoms with E-state index in [1.54, 1.807) is 6.07 Å². The van der Waals surface area contributed by atoms with Gasteiger partial charge in [0, 0.05) is 25.9 Å². The molecule has 5 rings (SSSR count). The van der Waals surface area contributed by atoms with Crippen molar-refractivity contribution in [3.8, 4) is 45.3 Å². The first-order chi connectivity index (χ1) is 27.4. The number of phenolic OH excluding ortho intramolecular Hbond substituents is 1. The van der Waals surface area contributed by atoms with Crippen LogP contribution in [-0.2, 0) is 24.4 Å². The number of unbranched alkanes of at least 4 members (excludes halogenated alkanes) is 5. The summed E-state index contributed by atoms with van der Waals surface area (Å²) in [5, 5.41) is 10.6. The lowest BCUT2D eigenvalue weighted by Crippen LogP contribution is -2.46. The predicted octanol–water partition coefficient (Wildman–Crippen LogP) is 11.3. The van der Waals surface area contributed by atoms with Gasteiger partial charge in [-0.25, -0.2) is 0 Å². The van der Waals surface area contributed by atoms with Crippen molar-refractivity contribution in [1.82, 2.24) is 0 Å². The molecular weight excluding hydrogens is 721 g/mol. The smallest absolute Gasteiger partial charge is 0.500 e. The molecule has 1 N–H and O–H groups in total. The van der Waals surface area contributed by atoms with Gasteiger partial charge < -0.3 is 37.3 Å². The summed E-state index contributed by atoms with van der Waals surface area (Å²) in [5.41, 5.74) is 5.59. The topological polar surface area (TPSA) is 84.8 Å². The van der Waals surface area contributed by atoms with E-state index < -0.39 is 8.80 Å². The summed E-state index contributed by atoms with van der Waals surface area (Å²) in [6.07, 6.45) is 9.41. The van der Waals surface area contributed by atoms with Gasteiger partial charge in [-0.2, -0.15) is 0 Å². The van der Waals surface area contributed by atoms with Crippen LogP contribution in [0.2, 0.25) is 6.04 Å². The summed E-state index contributed by atoms with van der Waals surface area (Å²) >= 11 is 0. The highest BCUT2D eigenvalue weighted by molar-refractivity contribution is 6.60. The summed E-state index contributed by atoms with van der Waals surface area (Å²) in [6.45, 7) is 13.5. The number of rotatable bonds is 27. The molecule has 1 saturated heterocycles. The summed E-state index contributed by atoms with van der Waals surface area (Å²) in [7, 11) is -2.71. The highest BCUT2D eigenvalue weighted by Gasteiger charge is 2.40. The van der Waals surface area contributed by atoms with E-state index >= 15 is 0 Å². The first kappa shape index (κ1) is 43.3. The van der Waals surface area contributed by atoms with Gasteiger partial charge in [-0.3, -0.25) is 0 Å². The highest BCUT2D eigenvalue weighted by Crippen LogP contribution is 2.33. The van der Waals surface area contributed by atoms with E-state index in [-0.39, 0.29) is 5.41 Å². The lowest BCUT2D eigenvalue weighted by molar-refractivity contribution is -0.133. The van der Waals surface area contributed by atoms with Gasteiger partial charge in [-0.1, -0.05) is 75.1 Å². The molecular formula is C47H64O8Si. The largest absolute Gasteiger partial charge is 0.508 e. The van der Waals surface area contributed by atoms with Gasteiger partial charge in [0.2, 0.25) is 0 Å². The van der Waals surface area contributed by atoms with E-state index in [0.717, 1.165) is 98.7 Å². The van der Waals surface area contributed by atoms with E-state index in [0.29, 0.717) is 44.8 Å². The molecule has 0 aliphatic carbocycles. The Bertz CT molecular complexity index is 1670. The zero-order valence-corrected chi connectivity index (χ0v) is 35.2. The normalized spacial score (nSPS) is 13.6. The molecule has 0 amide bonds. The molecule has 1 heterocycles. The van der Waals surface area contributed by atoms with Crippen LogP contribution in [0.5, 0.6) is 23.0 Å². The minimum Gasteiger partial charge on any atom is -0.508 e. The van der Waals surface area contributed by atoms with Crippen LogP contribution in [0.15, 0.2) is 91.0 Å². The zero-order valence-electron chi connectivity index (χ0n) is 34.2. The molecule has 304 valence electrons. The van der Waals surface area contributed by atoms with E-state index in [9.17, 15) is 5.11 Å². The van der Waals surface area contributed by atoms with Crippen LogP contribution in [0, 0.1) is 5.41 Å². The molecule has 1 aliphatic heterocycles. The first-order valence-corrected chi connectivity index (χ1v) is 22.8. The number of hydrogen-bond donors (Lipinski definition) is 1. The maximum Gasteiger partial charge on any atom is 0.500 e. The van der Waals surface area contributed by atoms with Crippen LogP contribution in [0.3, 0.4) is 0 Å². The fourth-order valence-corrected chi connectivity index (χ4v) is 9.61. The van der Waals surface area contributed by atoms with Crippen LogP contribution < -0.4 is 14.2 Å². The minimum absolute atomic E-state index is 0.183. The quantitative estimate of drug-likeness (QED) is 0.0473. The maximum absolute atomic E-state index is 10.6. The van der Waals surface area contributed by atoms with Crippen molar-refractivity contribution in [3.63, 3.8) is 0 Å². The lowest BCUT2D eigenvalue weighted by atomic mass is 9.84. The van der Waals surface area contributed by atoms with Crippen molar-refractivity contribution in [3.05, 3.63) is 96.6 Å². The highest BCUT2D eigenvalue weighted by atomic mass is 28.4. The second-order valence-corrected chi connectivity index (χ2v) is 17.4.